The van der Waals surface area contributed by atoms with E-state index in [-0.39, 0.29) is 16.8 Å². The van der Waals surface area contributed by atoms with Gasteiger partial charge in [0, 0.05) is 30.8 Å². The smallest absolute Gasteiger partial charge is 0.251 e. The monoisotopic (exact) mass is 397 g/mol. The molecule has 0 radical (unpaired) electrons. The maximum Gasteiger partial charge on any atom is 0.251 e. The second-order valence-corrected chi connectivity index (χ2v) is 8.85. The van der Waals surface area contributed by atoms with Crippen molar-refractivity contribution in [3.63, 3.8) is 0 Å². The van der Waals surface area contributed by atoms with Crippen molar-refractivity contribution in [1.29, 1.82) is 0 Å². The fraction of sp³-hybridized carbons (Fsp3) is 0.238. The normalized spacial score (nSPS) is 12.5. The number of nitrogens with one attached hydrogen (secondary N) is 1. The van der Waals surface area contributed by atoms with Gasteiger partial charge in [-0.1, -0.05) is 24.3 Å². The third kappa shape index (κ3) is 4.67. The molecular weight excluding hydrogens is 374 g/mol. The first-order chi connectivity index (χ1) is 13.2. The molecule has 0 saturated heterocycles. The molecule has 1 heterocycles. The number of benzene rings is 2. The van der Waals surface area contributed by atoms with Gasteiger partial charge in [0.1, 0.15) is 5.82 Å². The van der Waals surface area contributed by atoms with Crippen LogP contribution >= 0.6 is 0 Å². The molecule has 28 heavy (non-hydrogen) atoms. The van der Waals surface area contributed by atoms with Crippen LogP contribution in [0.4, 0.5) is 0 Å². The number of carbonyl (C=O) groups is 1. The fourth-order valence-corrected chi connectivity index (χ4v) is 3.53. The molecule has 6 nitrogen and oxygen atoms in total. The minimum atomic E-state index is -3.23. The van der Waals surface area contributed by atoms with Gasteiger partial charge in [0.05, 0.1) is 10.9 Å². The Kier molecular flexibility index (Phi) is 5.65. The summed E-state index contributed by atoms with van der Waals surface area (Å²) in [5.41, 5.74) is 2.50. The second kappa shape index (κ2) is 7.98. The van der Waals surface area contributed by atoms with E-state index in [1.807, 2.05) is 36.7 Å². The number of hydrogen-bond acceptors (Lipinski definition) is 4. The molecule has 3 aromatic rings. The van der Waals surface area contributed by atoms with E-state index in [4.69, 9.17) is 0 Å². The van der Waals surface area contributed by atoms with E-state index in [9.17, 15) is 13.2 Å². The predicted molar refractivity (Wildman–Crippen MR) is 108 cm³/mol. The lowest BCUT2D eigenvalue weighted by atomic mass is 10.1. The fourth-order valence-electron chi connectivity index (χ4n) is 2.90. The minimum Gasteiger partial charge on any atom is -0.346 e. The Hall–Kier alpha value is -2.93. The third-order valence-corrected chi connectivity index (χ3v) is 5.78. The van der Waals surface area contributed by atoms with E-state index in [1.165, 1.54) is 6.26 Å². The molecule has 146 valence electrons. The number of imidazole rings is 1. The lowest BCUT2D eigenvalue weighted by molar-refractivity contribution is 0.0940. The zero-order valence-electron chi connectivity index (χ0n) is 16.1. The van der Waals surface area contributed by atoms with E-state index in [0.717, 1.165) is 17.0 Å². The molecule has 0 bridgehead atoms. The molecule has 2 aromatic carbocycles. The molecule has 1 N–H and O–H groups in total. The van der Waals surface area contributed by atoms with Crippen LogP contribution in [-0.2, 0) is 16.4 Å². The molecule has 0 fully saturated rings. The van der Waals surface area contributed by atoms with Crippen molar-refractivity contribution in [1.82, 2.24) is 14.9 Å². The standard InChI is InChI=1S/C21H23N3O3S/c1-15(18-8-10-20(11-9-18)28(3,26)27)23-21(25)19-6-4-17(5-7-19)14-24-13-12-22-16(24)2/h4-13,15H,14H2,1-3H3,(H,23,25). The SMILES string of the molecule is Cc1nccn1Cc1ccc(C(=O)NC(C)c2ccc(S(C)(=O)=O)cc2)cc1. The maximum absolute atomic E-state index is 12.5. The van der Waals surface area contributed by atoms with Gasteiger partial charge in [-0.3, -0.25) is 4.79 Å². The molecule has 1 amide bonds. The van der Waals surface area contributed by atoms with E-state index in [2.05, 4.69) is 10.3 Å². The lowest BCUT2D eigenvalue weighted by Crippen LogP contribution is -2.26. The topological polar surface area (TPSA) is 81.1 Å². The quantitative estimate of drug-likeness (QED) is 0.693. The van der Waals surface area contributed by atoms with Crippen molar-refractivity contribution in [2.24, 2.45) is 0 Å². The number of rotatable bonds is 6. The van der Waals surface area contributed by atoms with Crippen LogP contribution < -0.4 is 5.32 Å². The number of nitrogens with zero attached hydrogens (tertiary/aromatic N) is 2. The molecule has 0 aliphatic rings. The van der Waals surface area contributed by atoms with Crippen LogP contribution in [0.15, 0.2) is 65.8 Å². The molecular formula is C21H23N3O3S. The first-order valence-corrected chi connectivity index (χ1v) is 10.8. The van der Waals surface area contributed by atoms with E-state index < -0.39 is 9.84 Å². The first-order valence-electron chi connectivity index (χ1n) is 8.91. The van der Waals surface area contributed by atoms with Gasteiger partial charge in [0.2, 0.25) is 0 Å². The van der Waals surface area contributed by atoms with Crippen molar-refractivity contribution in [3.8, 4) is 0 Å². The number of carbonyl (C=O) groups excluding carboxylic acids is 1. The Balaban J connectivity index is 1.64. The summed E-state index contributed by atoms with van der Waals surface area (Å²) in [6, 6.07) is 13.8. The van der Waals surface area contributed by atoms with Gasteiger partial charge in [-0.2, -0.15) is 0 Å². The highest BCUT2D eigenvalue weighted by atomic mass is 32.2. The maximum atomic E-state index is 12.5. The van der Waals surface area contributed by atoms with Gasteiger partial charge in [0.25, 0.3) is 5.91 Å². The lowest BCUT2D eigenvalue weighted by Gasteiger charge is -2.15. The third-order valence-electron chi connectivity index (χ3n) is 4.65. The van der Waals surface area contributed by atoms with Crippen LogP contribution in [0.1, 0.15) is 40.3 Å². The van der Waals surface area contributed by atoms with Crippen molar-refractivity contribution in [2.45, 2.75) is 31.3 Å². The number of hydrogen-bond donors (Lipinski definition) is 1. The molecule has 0 spiro atoms. The molecule has 1 aromatic heterocycles. The van der Waals surface area contributed by atoms with Crippen LogP contribution in [0, 0.1) is 6.92 Å². The zero-order valence-corrected chi connectivity index (χ0v) is 16.9. The first kappa shape index (κ1) is 19.8. The number of aryl methyl sites for hydroxylation is 1. The van der Waals surface area contributed by atoms with Gasteiger partial charge >= 0.3 is 0 Å². The summed E-state index contributed by atoms with van der Waals surface area (Å²) in [5, 5.41) is 2.94. The van der Waals surface area contributed by atoms with E-state index >= 15 is 0 Å². The van der Waals surface area contributed by atoms with Crippen LogP contribution in [0.25, 0.3) is 0 Å². The summed E-state index contributed by atoms with van der Waals surface area (Å²) in [6.07, 6.45) is 4.86. The van der Waals surface area contributed by atoms with Crippen molar-refractivity contribution < 1.29 is 13.2 Å². The van der Waals surface area contributed by atoms with Gasteiger partial charge in [-0.25, -0.2) is 13.4 Å². The molecule has 3 rings (SSSR count). The number of sulfone groups is 1. The van der Waals surface area contributed by atoms with Crippen molar-refractivity contribution in [2.75, 3.05) is 6.26 Å². The Morgan fingerprint density at radius 3 is 2.29 bits per heavy atom. The molecule has 0 aliphatic heterocycles. The Morgan fingerprint density at radius 1 is 1.11 bits per heavy atom. The summed E-state index contributed by atoms with van der Waals surface area (Å²) >= 11 is 0. The Bertz CT molecular complexity index is 1070. The average Bonchev–Trinajstić information content (AvgIpc) is 3.06. The Labute approximate surface area is 165 Å². The second-order valence-electron chi connectivity index (χ2n) is 6.84. The summed E-state index contributed by atoms with van der Waals surface area (Å²) in [7, 11) is -3.23. The molecule has 1 atom stereocenters. The zero-order chi connectivity index (χ0) is 20.3. The largest absolute Gasteiger partial charge is 0.346 e. The number of amides is 1. The highest BCUT2D eigenvalue weighted by molar-refractivity contribution is 7.90. The van der Waals surface area contributed by atoms with Gasteiger partial charge in [-0.05, 0) is 49.2 Å². The average molecular weight is 398 g/mol. The van der Waals surface area contributed by atoms with Gasteiger partial charge in [-0.15, -0.1) is 0 Å². The molecule has 7 heteroatoms. The number of aromatic nitrogens is 2. The van der Waals surface area contributed by atoms with Gasteiger partial charge < -0.3 is 9.88 Å². The van der Waals surface area contributed by atoms with Crippen molar-refractivity contribution in [3.05, 3.63) is 83.4 Å². The van der Waals surface area contributed by atoms with Crippen LogP contribution in [0.5, 0.6) is 0 Å². The summed E-state index contributed by atoms with van der Waals surface area (Å²) in [4.78, 5) is 17.0. The summed E-state index contributed by atoms with van der Waals surface area (Å²) in [6.45, 7) is 4.52. The molecule has 0 aliphatic carbocycles. The molecule has 1 unspecified atom stereocenters. The highest BCUT2D eigenvalue weighted by Crippen LogP contribution is 2.17. The summed E-state index contributed by atoms with van der Waals surface area (Å²) < 4.78 is 25.1. The van der Waals surface area contributed by atoms with E-state index in [1.54, 1.807) is 42.6 Å². The van der Waals surface area contributed by atoms with Crippen molar-refractivity contribution >= 4 is 15.7 Å². The minimum absolute atomic E-state index is 0.176. The van der Waals surface area contributed by atoms with Crippen LogP contribution in [-0.4, -0.2) is 30.1 Å². The van der Waals surface area contributed by atoms with E-state index in [0.29, 0.717) is 12.1 Å². The summed E-state index contributed by atoms with van der Waals surface area (Å²) in [5.74, 6) is 0.766. The molecule has 0 saturated carbocycles. The van der Waals surface area contributed by atoms with Crippen LogP contribution in [0.3, 0.4) is 0 Å². The van der Waals surface area contributed by atoms with Crippen LogP contribution in [0.2, 0.25) is 0 Å². The predicted octanol–water partition coefficient (Wildman–Crippen LogP) is 3.13. The van der Waals surface area contributed by atoms with Gasteiger partial charge in [0.15, 0.2) is 9.84 Å². The highest BCUT2D eigenvalue weighted by Gasteiger charge is 2.13. The Morgan fingerprint density at radius 2 is 1.75 bits per heavy atom.